The second-order valence-electron chi connectivity index (χ2n) is 5.42. The van der Waals surface area contributed by atoms with Crippen molar-refractivity contribution in [1.29, 1.82) is 0 Å². The van der Waals surface area contributed by atoms with Crippen molar-refractivity contribution in [3.8, 4) is 0 Å². The van der Waals surface area contributed by atoms with Crippen LogP contribution in [0.5, 0.6) is 0 Å². The topological polar surface area (TPSA) is 60.2 Å². The number of hydrogen-bond donors (Lipinski definition) is 1. The molecule has 0 spiro atoms. The smallest absolute Gasteiger partial charge is 0.158 e. The minimum Gasteiger partial charge on any atom is -0.326 e. The predicted octanol–water partition coefficient (Wildman–Crippen LogP) is 2.88. The van der Waals surface area contributed by atoms with Gasteiger partial charge in [0.2, 0.25) is 0 Å². The summed E-state index contributed by atoms with van der Waals surface area (Å²) in [5.41, 5.74) is 10.3. The van der Waals surface area contributed by atoms with E-state index in [-0.39, 0.29) is 11.5 Å². The number of aryl methyl sites for hydroxylation is 2. The fraction of sp³-hybridized carbons (Fsp3) is 0.294. The molecule has 0 aliphatic carbocycles. The minimum atomic E-state index is -3.18. The van der Waals surface area contributed by atoms with Crippen LogP contribution in [-0.4, -0.2) is 8.42 Å². The van der Waals surface area contributed by atoms with Crippen molar-refractivity contribution >= 4 is 9.84 Å². The van der Waals surface area contributed by atoms with Crippen molar-refractivity contribution in [3.63, 3.8) is 0 Å². The normalized spacial score (nSPS) is 11.6. The lowest BCUT2D eigenvalue weighted by Gasteiger charge is -2.10. The Bertz CT molecular complexity index is 736. The summed E-state index contributed by atoms with van der Waals surface area (Å²) in [4.78, 5) is 0. The first-order chi connectivity index (χ1) is 9.91. The summed E-state index contributed by atoms with van der Waals surface area (Å²) in [5.74, 6) is 0.149. The molecule has 0 amide bonds. The number of sulfone groups is 1. The lowest BCUT2D eigenvalue weighted by atomic mass is 10.1. The van der Waals surface area contributed by atoms with Gasteiger partial charge < -0.3 is 5.73 Å². The predicted molar refractivity (Wildman–Crippen MR) is 86.6 cm³/mol. The molecule has 21 heavy (non-hydrogen) atoms. The largest absolute Gasteiger partial charge is 0.326 e. The molecule has 2 rings (SSSR count). The van der Waals surface area contributed by atoms with Gasteiger partial charge in [-0.2, -0.15) is 0 Å². The van der Waals surface area contributed by atoms with Crippen LogP contribution < -0.4 is 5.73 Å². The van der Waals surface area contributed by atoms with Gasteiger partial charge in [0.05, 0.1) is 11.5 Å². The molecule has 0 fully saturated rings. The zero-order valence-electron chi connectivity index (χ0n) is 12.5. The molecule has 0 unspecified atom stereocenters. The Kier molecular flexibility index (Phi) is 4.80. The quantitative estimate of drug-likeness (QED) is 0.924. The molecule has 2 N–H and O–H groups in total. The van der Waals surface area contributed by atoms with Gasteiger partial charge in [-0.1, -0.05) is 42.5 Å². The van der Waals surface area contributed by atoms with E-state index in [2.05, 4.69) is 0 Å². The second-order valence-corrected chi connectivity index (χ2v) is 7.49. The molecule has 4 heteroatoms. The Morgan fingerprint density at radius 2 is 1.52 bits per heavy atom. The monoisotopic (exact) mass is 303 g/mol. The van der Waals surface area contributed by atoms with Gasteiger partial charge in [-0.3, -0.25) is 0 Å². The van der Waals surface area contributed by atoms with E-state index in [9.17, 15) is 8.42 Å². The molecule has 0 atom stereocenters. The number of benzene rings is 2. The van der Waals surface area contributed by atoms with Crippen molar-refractivity contribution in [1.82, 2.24) is 0 Å². The maximum atomic E-state index is 12.4. The molecule has 0 saturated carbocycles. The van der Waals surface area contributed by atoms with Gasteiger partial charge in [-0.25, -0.2) is 8.42 Å². The Hall–Kier alpha value is -1.65. The zero-order valence-corrected chi connectivity index (χ0v) is 13.3. The minimum absolute atomic E-state index is 0.0675. The highest BCUT2D eigenvalue weighted by molar-refractivity contribution is 7.89. The Morgan fingerprint density at radius 3 is 2.10 bits per heavy atom. The average molecular weight is 303 g/mol. The van der Waals surface area contributed by atoms with Crippen molar-refractivity contribution in [2.45, 2.75) is 31.9 Å². The van der Waals surface area contributed by atoms with Crippen LogP contribution in [0.1, 0.15) is 27.8 Å². The highest BCUT2D eigenvalue weighted by atomic mass is 32.2. The van der Waals surface area contributed by atoms with Gasteiger partial charge in [0, 0.05) is 6.54 Å². The number of nitrogens with two attached hydrogens (primary N) is 1. The number of rotatable bonds is 5. The summed E-state index contributed by atoms with van der Waals surface area (Å²) in [5, 5.41) is 0. The Morgan fingerprint density at radius 1 is 0.905 bits per heavy atom. The summed E-state index contributed by atoms with van der Waals surface area (Å²) in [6.45, 7) is 4.33. The van der Waals surface area contributed by atoms with Crippen LogP contribution in [0, 0.1) is 13.8 Å². The standard InChI is InChI=1S/C17H21NO2S/c1-13-5-3-4-6-16(13)11-21(19,20)12-17-8-7-15(10-18)9-14(17)2/h3-9H,10-12,18H2,1-2H3. The van der Waals surface area contributed by atoms with E-state index in [1.165, 1.54) is 0 Å². The maximum absolute atomic E-state index is 12.4. The highest BCUT2D eigenvalue weighted by Crippen LogP contribution is 2.18. The van der Waals surface area contributed by atoms with E-state index in [1.807, 2.05) is 56.3 Å². The molecule has 112 valence electrons. The van der Waals surface area contributed by atoms with Crippen molar-refractivity contribution in [2.75, 3.05) is 0 Å². The van der Waals surface area contributed by atoms with Gasteiger partial charge in [-0.15, -0.1) is 0 Å². The van der Waals surface area contributed by atoms with Crippen LogP contribution in [0.3, 0.4) is 0 Å². The summed E-state index contributed by atoms with van der Waals surface area (Å²) in [6.07, 6.45) is 0. The number of hydrogen-bond acceptors (Lipinski definition) is 3. The summed E-state index contributed by atoms with van der Waals surface area (Å²) in [6, 6.07) is 13.3. The third-order valence-corrected chi connectivity index (χ3v) is 5.16. The summed E-state index contributed by atoms with van der Waals surface area (Å²) >= 11 is 0. The Balaban J connectivity index is 2.20. The molecule has 0 aliphatic heterocycles. The summed E-state index contributed by atoms with van der Waals surface area (Å²) in [7, 11) is -3.18. The van der Waals surface area contributed by atoms with Crippen LogP contribution in [0.2, 0.25) is 0 Å². The van der Waals surface area contributed by atoms with E-state index in [4.69, 9.17) is 5.73 Å². The van der Waals surface area contributed by atoms with Crippen LogP contribution in [0.25, 0.3) is 0 Å². The molecule has 0 bridgehead atoms. The first kappa shape index (κ1) is 15.7. The van der Waals surface area contributed by atoms with E-state index in [0.29, 0.717) is 6.54 Å². The van der Waals surface area contributed by atoms with Gasteiger partial charge in [0.25, 0.3) is 0 Å². The van der Waals surface area contributed by atoms with Crippen LogP contribution in [0.15, 0.2) is 42.5 Å². The van der Waals surface area contributed by atoms with E-state index in [0.717, 1.165) is 27.8 Å². The highest BCUT2D eigenvalue weighted by Gasteiger charge is 2.15. The van der Waals surface area contributed by atoms with E-state index in [1.54, 1.807) is 0 Å². The second kappa shape index (κ2) is 6.41. The van der Waals surface area contributed by atoms with Gasteiger partial charge in [0.15, 0.2) is 9.84 Å². The van der Waals surface area contributed by atoms with Gasteiger partial charge in [0.1, 0.15) is 0 Å². The average Bonchev–Trinajstić information content (AvgIpc) is 2.43. The molecule has 0 aliphatic rings. The molecule has 2 aromatic carbocycles. The first-order valence-electron chi connectivity index (χ1n) is 6.94. The van der Waals surface area contributed by atoms with Crippen molar-refractivity contribution in [2.24, 2.45) is 5.73 Å². The van der Waals surface area contributed by atoms with Gasteiger partial charge in [-0.05, 0) is 41.7 Å². The summed E-state index contributed by atoms with van der Waals surface area (Å²) < 4.78 is 24.8. The van der Waals surface area contributed by atoms with Crippen LogP contribution in [0.4, 0.5) is 0 Å². The molecular formula is C17H21NO2S. The Labute approximate surface area is 126 Å². The van der Waals surface area contributed by atoms with Gasteiger partial charge >= 0.3 is 0 Å². The molecule has 0 aromatic heterocycles. The van der Waals surface area contributed by atoms with E-state index >= 15 is 0 Å². The molecule has 0 saturated heterocycles. The lowest BCUT2D eigenvalue weighted by molar-refractivity contribution is 0.594. The maximum Gasteiger partial charge on any atom is 0.158 e. The zero-order chi connectivity index (χ0) is 15.5. The van der Waals surface area contributed by atoms with Crippen LogP contribution >= 0.6 is 0 Å². The first-order valence-corrected chi connectivity index (χ1v) is 8.77. The molecule has 0 heterocycles. The van der Waals surface area contributed by atoms with Crippen LogP contribution in [-0.2, 0) is 27.9 Å². The third-order valence-electron chi connectivity index (χ3n) is 3.65. The molecule has 3 nitrogen and oxygen atoms in total. The fourth-order valence-electron chi connectivity index (χ4n) is 2.34. The fourth-order valence-corrected chi connectivity index (χ4v) is 4.04. The van der Waals surface area contributed by atoms with E-state index < -0.39 is 9.84 Å². The molecular weight excluding hydrogens is 282 g/mol. The van der Waals surface area contributed by atoms with Crippen molar-refractivity contribution < 1.29 is 8.42 Å². The van der Waals surface area contributed by atoms with Crippen molar-refractivity contribution in [3.05, 3.63) is 70.3 Å². The lowest BCUT2D eigenvalue weighted by Crippen LogP contribution is -2.10. The third kappa shape index (κ3) is 4.16. The SMILES string of the molecule is Cc1ccccc1CS(=O)(=O)Cc1ccc(CN)cc1C. The molecule has 2 aromatic rings. The molecule has 0 radical (unpaired) electrons.